The van der Waals surface area contributed by atoms with Crippen molar-refractivity contribution in [1.29, 1.82) is 0 Å². The molecule has 2 aliphatic carbocycles. The molecule has 0 bridgehead atoms. The lowest BCUT2D eigenvalue weighted by Gasteiger charge is -2.02. The largest absolute Gasteiger partial charge is 0.465 e. The first-order valence-corrected chi connectivity index (χ1v) is 5.45. The summed E-state index contributed by atoms with van der Waals surface area (Å²) in [5.41, 5.74) is 0. The van der Waals surface area contributed by atoms with Crippen molar-refractivity contribution >= 4 is 5.97 Å². The Labute approximate surface area is 79.7 Å². The van der Waals surface area contributed by atoms with E-state index in [2.05, 4.69) is 6.92 Å². The van der Waals surface area contributed by atoms with Crippen LogP contribution in [0.5, 0.6) is 0 Å². The molecule has 2 aliphatic rings. The first-order valence-electron chi connectivity index (χ1n) is 5.45. The summed E-state index contributed by atoms with van der Waals surface area (Å²) in [6.45, 7) is 2.88. The maximum atomic E-state index is 11.3. The maximum Gasteiger partial charge on any atom is 0.306 e. The van der Waals surface area contributed by atoms with Crippen LogP contribution in [0.25, 0.3) is 0 Å². The molecule has 74 valence electrons. The molecule has 13 heavy (non-hydrogen) atoms. The molecule has 0 aromatic heterocycles. The Balaban J connectivity index is 1.56. The highest BCUT2D eigenvalue weighted by atomic mass is 16.5. The minimum Gasteiger partial charge on any atom is -0.465 e. The lowest BCUT2D eigenvalue weighted by atomic mass is 10.2. The molecular weight excluding hydrogens is 164 g/mol. The van der Waals surface area contributed by atoms with Gasteiger partial charge in [-0.1, -0.05) is 13.3 Å². The van der Waals surface area contributed by atoms with Gasteiger partial charge in [0.05, 0.1) is 6.61 Å². The summed E-state index contributed by atoms with van der Waals surface area (Å²) >= 11 is 0. The normalized spacial score (nSPS) is 31.5. The zero-order chi connectivity index (χ0) is 9.26. The van der Waals surface area contributed by atoms with Gasteiger partial charge in [-0.3, -0.25) is 4.79 Å². The number of hydrogen-bond acceptors (Lipinski definition) is 2. The molecule has 0 aromatic carbocycles. The van der Waals surface area contributed by atoms with E-state index in [0.717, 1.165) is 5.92 Å². The molecule has 2 rings (SSSR count). The number of rotatable bonds is 5. The van der Waals surface area contributed by atoms with Crippen molar-refractivity contribution in [2.45, 2.75) is 39.0 Å². The molecule has 0 spiro atoms. The highest BCUT2D eigenvalue weighted by Crippen LogP contribution is 2.43. The lowest BCUT2D eigenvalue weighted by molar-refractivity contribution is -0.144. The molecule has 2 atom stereocenters. The Morgan fingerprint density at radius 3 is 2.69 bits per heavy atom. The van der Waals surface area contributed by atoms with Crippen molar-refractivity contribution in [3.05, 3.63) is 0 Å². The Kier molecular flexibility index (Phi) is 2.56. The van der Waals surface area contributed by atoms with Gasteiger partial charge in [-0.25, -0.2) is 0 Å². The predicted octanol–water partition coefficient (Wildman–Crippen LogP) is 2.38. The SMILES string of the molecule is CCC1CC1CC(=O)OCC1CC1. The van der Waals surface area contributed by atoms with Gasteiger partial charge in [-0.15, -0.1) is 0 Å². The van der Waals surface area contributed by atoms with E-state index >= 15 is 0 Å². The molecule has 2 heteroatoms. The number of ether oxygens (including phenoxy) is 1. The van der Waals surface area contributed by atoms with Crippen LogP contribution in [0, 0.1) is 17.8 Å². The Bertz CT molecular complexity index is 196. The van der Waals surface area contributed by atoms with E-state index in [9.17, 15) is 4.79 Å². The Morgan fingerprint density at radius 2 is 2.15 bits per heavy atom. The third kappa shape index (κ3) is 2.71. The summed E-state index contributed by atoms with van der Waals surface area (Å²) in [6.07, 6.45) is 5.66. The summed E-state index contributed by atoms with van der Waals surface area (Å²) in [5.74, 6) is 2.20. The van der Waals surface area contributed by atoms with Gasteiger partial charge in [0.2, 0.25) is 0 Å². The van der Waals surface area contributed by atoms with Gasteiger partial charge in [-0.2, -0.15) is 0 Å². The van der Waals surface area contributed by atoms with Crippen molar-refractivity contribution in [3.63, 3.8) is 0 Å². The Hall–Kier alpha value is -0.530. The third-order valence-electron chi connectivity index (χ3n) is 3.20. The van der Waals surface area contributed by atoms with Crippen molar-refractivity contribution in [2.24, 2.45) is 17.8 Å². The molecule has 0 amide bonds. The fraction of sp³-hybridized carbons (Fsp3) is 0.909. The van der Waals surface area contributed by atoms with Crippen LogP contribution >= 0.6 is 0 Å². The molecule has 2 unspecified atom stereocenters. The van der Waals surface area contributed by atoms with E-state index in [1.54, 1.807) is 0 Å². The smallest absolute Gasteiger partial charge is 0.306 e. The molecule has 2 fully saturated rings. The summed E-state index contributed by atoms with van der Waals surface area (Å²) in [7, 11) is 0. The standard InChI is InChI=1S/C11H18O2/c1-2-9-5-10(9)6-11(12)13-7-8-3-4-8/h8-10H,2-7H2,1H3. The van der Waals surface area contributed by atoms with Gasteiger partial charge in [0.1, 0.15) is 0 Å². The predicted molar refractivity (Wildman–Crippen MR) is 50.2 cm³/mol. The fourth-order valence-electron chi connectivity index (χ4n) is 1.83. The molecule has 0 saturated heterocycles. The molecule has 0 aromatic rings. The maximum absolute atomic E-state index is 11.3. The van der Waals surface area contributed by atoms with Gasteiger partial charge in [0, 0.05) is 6.42 Å². The first kappa shape index (κ1) is 9.04. The van der Waals surface area contributed by atoms with Gasteiger partial charge in [0.15, 0.2) is 0 Å². The van der Waals surface area contributed by atoms with Crippen molar-refractivity contribution in [2.75, 3.05) is 6.61 Å². The number of carbonyl (C=O) groups excluding carboxylic acids is 1. The number of esters is 1. The van der Waals surface area contributed by atoms with Gasteiger partial charge < -0.3 is 4.74 Å². The van der Waals surface area contributed by atoms with Crippen molar-refractivity contribution in [3.8, 4) is 0 Å². The first-order chi connectivity index (χ1) is 6.29. The van der Waals surface area contributed by atoms with Crippen LogP contribution in [0.4, 0.5) is 0 Å². The minimum absolute atomic E-state index is 0.0350. The zero-order valence-electron chi connectivity index (χ0n) is 8.29. The summed E-state index contributed by atoms with van der Waals surface area (Å²) in [4.78, 5) is 11.3. The summed E-state index contributed by atoms with van der Waals surface area (Å²) in [5, 5.41) is 0. The van der Waals surface area contributed by atoms with Crippen LogP contribution in [0.2, 0.25) is 0 Å². The molecule has 0 heterocycles. The van der Waals surface area contributed by atoms with Gasteiger partial charge >= 0.3 is 5.97 Å². The van der Waals surface area contributed by atoms with Crippen LogP contribution in [-0.4, -0.2) is 12.6 Å². The minimum atomic E-state index is 0.0350. The number of carbonyl (C=O) groups is 1. The fourth-order valence-corrected chi connectivity index (χ4v) is 1.83. The second kappa shape index (κ2) is 3.69. The second-order valence-corrected chi connectivity index (χ2v) is 4.49. The third-order valence-corrected chi connectivity index (χ3v) is 3.20. The van der Waals surface area contributed by atoms with E-state index in [-0.39, 0.29) is 5.97 Å². The molecule has 2 saturated carbocycles. The molecule has 0 aliphatic heterocycles. The number of hydrogen-bond donors (Lipinski definition) is 0. The summed E-state index contributed by atoms with van der Waals surface area (Å²) < 4.78 is 5.17. The van der Waals surface area contributed by atoms with E-state index in [1.165, 1.54) is 25.7 Å². The highest BCUT2D eigenvalue weighted by molar-refractivity contribution is 5.70. The highest BCUT2D eigenvalue weighted by Gasteiger charge is 2.37. The summed E-state index contributed by atoms with van der Waals surface area (Å²) in [6, 6.07) is 0. The average molecular weight is 182 g/mol. The van der Waals surface area contributed by atoms with E-state index in [0.29, 0.717) is 24.9 Å². The molecule has 2 nitrogen and oxygen atoms in total. The van der Waals surface area contributed by atoms with Crippen molar-refractivity contribution < 1.29 is 9.53 Å². The molecular formula is C11H18O2. The average Bonchev–Trinajstić information content (AvgIpc) is 2.97. The van der Waals surface area contributed by atoms with E-state index in [1.807, 2.05) is 0 Å². The van der Waals surface area contributed by atoms with Gasteiger partial charge in [-0.05, 0) is 37.0 Å². The Morgan fingerprint density at radius 1 is 1.38 bits per heavy atom. The zero-order valence-corrected chi connectivity index (χ0v) is 8.29. The van der Waals surface area contributed by atoms with E-state index in [4.69, 9.17) is 4.74 Å². The van der Waals surface area contributed by atoms with E-state index < -0.39 is 0 Å². The second-order valence-electron chi connectivity index (χ2n) is 4.49. The van der Waals surface area contributed by atoms with Crippen molar-refractivity contribution in [1.82, 2.24) is 0 Å². The van der Waals surface area contributed by atoms with Crippen LogP contribution in [0.3, 0.4) is 0 Å². The monoisotopic (exact) mass is 182 g/mol. The van der Waals surface area contributed by atoms with Crippen LogP contribution < -0.4 is 0 Å². The molecule has 0 radical (unpaired) electrons. The quantitative estimate of drug-likeness (QED) is 0.610. The van der Waals surface area contributed by atoms with Gasteiger partial charge in [0.25, 0.3) is 0 Å². The molecule has 0 N–H and O–H groups in total. The van der Waals surface area contributed by atoms with Crippen LogP contribution in [-0.2, 0) is 9.53 Å². The van der Waals surface area contributed by atoms with Crippen LogP contribution in [0.1, 0.15) is 39.0 Å². The topological polar surface area (TPSA) is 26.3 Å². The van der Waals surface area contributed by atoms with Crippen LogP contribution in [0.15, 0.2) is 0 Å². The lowest BCUT2D eigenvalue weighted by Crippen LogP contribution is -2.07.